The quantitative estimate of drug-likeness (QED) is 0.498. The minimum atomic E-state index is -0.324. The second-order valence-corrected chi connectivity index (χ2v) is 6.74. The molecule has 0 spiro atoms. The van der Waals surface area contributed by atoms with Crippen LogP contribution in [0.5, 0.6) is 0 Å². The van der Waals surface area contributed by atoms with Gasteiger partial charge in [-0.05, 0) is 45.3 Å². The van der Waals surface area contributed by atoms with Crippen molar-refractivity contribution in [1.82, 2.24) is 4.98 Å². The molecule has 0 unspecified atom stereocenters. The first-order valence-corrected chi connectivity index (χ1v) is 8.70. The average molecular weight is 389 g/mol. The number of pyridine rings is 1. The maximum Gasteiger partial charge on any atom is 0.338 e. The van der Waals surface area contributed by atoms with E-state index in [0.29, 0.717) is 16.6 Å². The van der Waals surface area contributed by atoms with Crippen LogP contribution in [0.2, 0.25) is 0 Å². The highest BCUT2D eigenvalue weighted by Crippen LogP contribution is 2.40. The average Bonchev–Trinajstić information content (AvgIpc) is 2.98. The Morgan fingerprint density at radius 1 is 1.29 bits per heavy atom. The number of anilines is 1. The molecule has 4 rings (SSSR count). The van der Waals surface area contributed by atoms with Crippen molar-refractivity contribution >= 4 is 27.6 Å². The molecule has 6 heteroatoms. The van der Waals surface area contributed by atoms with Crippen LogP contribution in [-0.2, 0) is 15.9 Å². The number of halogens is 1. The van der Waals surface area contributed by atoms with E-state index in [9.17, 15) is 4.79 Å². The summed E-state index contributed by atoms with van der Waals surface area (Å²) in [5.41, 5.74) is 5.88. The summed E-state index contributed by atoms with van der Waals surface area (Å²) in [6.45, 7) is 3.34. The fourth-order valence-electron chi connectivity index (χ4n) is 3.40. The van der Waals surface area contributed by atoms with Crippen LogP contribution < -0.4 is 4.90 Å². The predicted octanol–water partition coefficient (Wildman–Crippen LogP) is 3.04. The minimum Gasteiger partial charge on any atom is -0.465 e. The molecule has 1 saturated heterocycles. The van der Waals surface area contributed by atoms with E-state index in [-0.39, 0.29) is 5.97 Å². The maximum atomic E-state index is 12.1. The second-order valence-electron chi connectivity index (χ2n) is 5.93. The smallest absolute Gasteiger partial charge is 0.338 e. The molecule has 24 heavy (non-hydrogen) atoms. The fraction of sp³-hybridized carbons (Fsp3) is 0.333. The van der Waals surface area contributed by atoms with Gasteiger partial charge in [0.2, 0.25) is 0 Å². The third-order valence-electron chi connectivity index (χ3n) is 4.59. The first-order chi connectivity index (χ1) is 11.7. The number of benzene rings is 1. The van der Waals surface area contributed by atoms with Gasteiger partial charge in [0.25, 0.3) is 0 Å². The van der Waals surface area contributed by atoms with Crippen LogP contribution >= 0.6 is 15.9 Å². The Morgan fingerprint density at radius 2 is 2.08 bits per heavy atom. The number of hydrogen-bond acceptors (Lipinski definition) is 5. The molecular formula is C18H17BrN2O3. The van der Waals surface area contributed by atoms with Crippen molar-refractivity contribution < 1.29 is 14.3 Å². The Bertz CT molecular complexity index is 816. The molecule has 1 aromatic carbocycles. The number of esters is 1. The van der Waals surface area contributed by atoms with Crippen LogP contribution in [0.4, 0.5) is 5.69 Å². The molecular weight excluding hydrogens is 372 g/mol. The summed E-state index contributed by atoms with van der Waals surface area (Å²) in [4.78, 5) is 19.0. The lowest BCUT2D eigenvalue weighted by Gasteiger charge is -2.29. The monoisotopic (exact) mass is 388 g/mol. The number of morpholine rings is 1. The molecule has 5 nitrogen and oxygen atoms in total. The van der Waals surface area contributed by atoms with Crippen LogP contribution in [0, 0.1) is 0 Å². The number of carbonyl (C=O) groups excluding carboxylic acids is 1. The van der Waals surface area contributed by atoms with Gasteiger partial charge in [0.15, 0.2) is 0 Å². The summed E-state index contributed by atoms with van der Waals surface area (Å²) in [6.07, 6.45) is 0.702. The highest BCUT2D eigenvalue weighted by molar-refractivity contribution is 9.10. The van der Waals surface area contributed by atoms with Crippen LogP contribution in [0.15, 0.2) is 28.9 Å². The van der Waals surface area contributed by atoms with Crippen molar-refractivity contribution in [2.24, 2.45) is 0 Å². The SMILES string of the molecule is COC(=O)c1cc(Br)nc2c1Cc1cc(N3CCOCC3)ccc1-2. The van der Waals surface area contributed by atoms with Crippen molar-refractivity contribution in [3.8, 4) is 11.3 Å². The molecule has 0 amide bonds. The van der Waals surface area contributed by atoms with Crippen LogP contribution in [0.3, 0.4) is 0 Å². The standard InChI is InChI=1S/C18H17BrN2O3/c1-23-18(22)15-10-16(19)20-17-13-3-2-12(8-11(13)9-14(15)17)21-4-6-24-7-5-21/h2-3,8,10H,4-7,9H2,1H3. The van der Waals surface area contributed by atoms with Crippen molar-refractivity contribution in [2.75, 3.05) is 38.3 Å². The zero-order valence-electron chi connectivity index (χ0n) is 13.3. The van der Waals surface area contributed by atoms with Gasteiger partial charge in [-0.1, -0.05) is 6.07 Å². The van der Waals surface area contributed by atoms with E-state index in [2.05, 4.69) is 44.0 Å². The summed E-state index contributed by atoms with van der Waals surface area (Å²) in [5.74, 6) is -0.324. The van der Waals surface area contributed by atoms with Crippen LogP contribution in [-0.4, -0.2) is 44.4 Å². The Kier molecular flexibility index (Phi) is 4.02. The molecule has 124 valence electrons. The van der Waals surface area contributed by atoms with E-state index in [1.165, 1.54) is 18.4 Å². The van der Waals surface area contributed by atoms with Gasteiger partial charge >= 0.3 is 5.97 Å². The molecule has 0 bridgehead atoms. The van der Waals surface area contributed by atoms with Gasteiger partial charge in [-0.3, -0.25) is 0 Å². The molecule has 2 aromatic rings. The van der Waals surface area contributed by atoms with Gasteiger partial charge in [-0.25, -0.2) is 9.78 Å². The van der Waals surface area contributed by atoms with Crippen molar-refractivity contribution in [3.63, 3.8) is 0 Å². The van der Waals surface area contributed by atoms with E-state index >= 15 is 0 Å². The molecule has 0 saturated carbocycles. The number of rotatable bonds is 2. The molecule has 0 radical (unpaired) electrons. The summed E-state index contributed by atoms with van der Waals surface area (Å²) >= 11 is 3.40. The lowest BCUT2D eigenvalue weighted by Crippen LogP contribution is -2.36. The van der Waals surface area contributed by atoms with Crippen molar-refractivity contribution in [1.29, 1.82) is 0 Å². The first kappa shape index (κ1) is 15.6. The van der Waals surface area contributed by atoms with Gasteiger partial charge in [0.1, 0.15) is 4.60 Å². The highest BCUT2D eigenvalue weighted by atomic mass is 79.9. The zero-order valence-corrected chi connectivity index (χ0v) is 14.9. The van der Waals surface area contributed by atoms with E-state index in [0.717, 1.165) is 43.1 Å². The molecule has 2 aliphatic rings. The van der Waals surface area contributed by atoms with Crippen molar-refractivity contribution in [3.05, 3.63) is 45.6 Å². The first-order valence-electron chi connectivity index (χ1n) is 7.91. The largest absolute Gasteiger partial charge is 0.465 e. The topological polar surface area (TPSA) is 51.7 Å². The normalized spacial score (nSPS) is 15.8. The maximum absolute atomic E-state index is 12.1. The zero-order chi connectivity index (χ0) is 16.7. The fourth-order valence-corrected chi connectivity index (χ4v) is 3.81. The number of methoxy groups -OCH3 is 1. The number of fused-ring (bicyclic) bond motifs is 3. The lowest BCUT2D eigenvalue weighted by molar-refractivity contribution is 0.0599. The van der Waals surface area contributed by atoms with E-state index in [1.54, 1.807) is 6.07 Å². The van der Waals surface area contributed by atoms with Gasteiger partial charge in [-0.15, -0.1) is 0 Å². The van der Waals surface area contributed by atoms with Crippen molar-refractivity contribution in [2.45, 2.75) is 6.42 Å². The van der Waals surface area contributed by atoms with Gasteiger partial charge in [0, 0.05) is 30.8 Å². The van der Waals surface area contributed by atoms with E-state index in [1.807, 2.05) is 0 Å². The Morgan fingerprint density at radius 3 is 2.83 bits per heavy atom. The number of aromatic nitrogens is 1. The highest BCUT2D eigenvalue weighted by Gasteiger charge is 2.27. The molecule has 0 N–H and O–H groups in total. The number of nitrogens with zero attached hydrogens (tertiary/aromatic N) is 2. The third-order valence-corrected chi connectivity index (χ3v) is 4.99. The van der Waals surface area contributed by atoms with Gasteiger partial charge in [0.05, 0.1) is 31.6 Å². The van der Waals surface area contributed by atoms with Gasteiger partial charge < -0.3 is 14.4 Å². The molecule has 2 heterocycles. The number of carbonyl (C=O) groups is 1. The lowest BCUT2D eigenvalue weighted by atomic mass is 10.1. The minimum absolute atomic E-state index is 0.324. The molecule has 1 aromatic heterocycles. The Balaban J connectivity index is 1.75. The molecule has 0 atom stereocenters. The number of ether oxygens (including phenoxy) is 2. The van der Waals surface area contributed by atoms with Crippen LogP contribution in [0.1, 0.15) is 21.5 Å². The predicted molar refractivity (Wildman–Crippen MR) is 94.6 cm³/mol. The Hall–Kier alpha value is -1.92. The summed E-state index contributed by atoms with van der Waals surface area (Å²) in [7, 11) is 1.40. The molecule has 1 fully saturated rings. The Labute approximate surface area is 148 Å². The van der Waals surface area contributed by atoms with Crippen LogP contribution in [0.25, 0.3) is 11.3 Å². The summed E-state index contributed by atoms with van der Waals surface area (Å²) in [6, 6.07) is 8.17. The molecule has 1 aliphatic heterocycles. The van der Waals surface area contributed by atoms with E-state index in [4.69, 9.17) is 9.47 Å². The van der Waals surface area contributed by atoms with Gasteiger partial charge in [-0.2, -0.15) is 0 Å². The summed E-state index contributed by atoms with van der Waals surface area (Å²) < 4.78 is 11.0. The summed E-state index contributed by atoms with van der Waals surface area (Å²) in [5, 5.41) is 0. The second kappa shape index (κ2) is 6.18. The number of hydrogen-bond donors (Lipinski definition) is 0. The molecule has 1 aliphatic carbocycles. The third kappa shape index (κ3) is 2.59. The van der Waals surface area contributed by atoms with E-state index < -0.39 is 0 Å².